The average Bonchev–Trinajstić information content (AvgIpc) is 2.49. The van der Waals surface area contributed by atoms with E-state index < -0.39 is 17.8 Å². The lowest BCUT2D eigenvalue weighted by Gasteiger charge is -2.45. The van der Waals surface area contributed by atoms with E-state index in [1.807, 2.05) is 0 Å². The Morgan fingerprint density at radius 3 is 2.73 bits per heavy atom. The molecule has 1 N–H and O–H groups in total. The summed E-state index contributed by atoms with van der Waals surface area (Å²) in [5.74, 6) is -2.40. The van der Waals surface area contributed by atoms with Crippen LogP contribution in [-0.2, 0) is 14.3 Å². The maximum Gasteiger partial charge on any atom is 0.310 e. The number of aliphatic carboxylic acids is 1. The molecular formula is C10H11ClO4. The molecule has 0 aromatic heterocycles. The van der Waals surface area contributed by atoms with E-state index in [4.69, 9.17) is 21.4 Å². The Hall–Kier alpha value is -0.770. The lowest BCUT2D eigenvalue weighted by Crippen LogP contribution is -2.53. The summed E-state index contributed by atoms with van der Waals surface area (Å²) in [5.41, 5.74) is 0. The molecule has 82 valence electrons. The van der Waals surface area contributed by atoms with Gasteiger partial charge >= 0.3 is 11.9 Å². The predicted octanol–water partition coefficient (Wildman–Crippen LogP) is 0.876. The van der Waals surface area contributed by atoms with Crippen molar-refractivity contribution in [2.24, 2.45) is 23.7 Å². The highest BCUT2D eigenvalue weighted by molar-refractivity contribution is 6.22. The Kier molecular flexibility index (Phi) is 1.81. The van der Waals surface area contributed by atoms with Crippen molar-refractivity contribution in [2.45, 2.75) is 24.3 Å². The van der Waals surface area contributed by atoms with Gasteiger partial charge in [-0.2, -0.15) is 0 Å². The molecular weight excluding hydrogens is 220 g/mol. The molecule has 1 aliphatic heterocycles. The monoisotopic (exact) mass is 230 g/mol. The summed E-state index contributed by atoms with van der Waals surface area (Å²) in [4.78, 5) is 22.7. The third kappa shape index (κ3) is 1.03. The van der Waals surface area contributed by atoms with Gasteiger partial charge in [0.2, 0.25) is 0 Å². The van der Waals surface area contributed by atoms with E-state index in [9.17, 15) is 9.59 Å². The Morgan fingerprint density at radius 2 is 2.07 bits per heavy atom. The van der Waals surface area contributed by atoms with Gasteiger partial charge in [0.15, 0.2) is 0 Å². The summed E-state index contributed by atoms with van der Waals surface area (Å²) in [6.07, 6.45) is 1.44. The quantitative estimate of drug-likeness (QED) is 0.537. The van der Waals surface area contributed by atoms with Crippen LogP contribution in [0, 0.1) is 23.7 Å². The fourth-order valence-corrected chi connectivity index (χ4v) is 4.03. The molecule has 1 saturated heterocycles. The second-order valence-electron chi connectivity index (χ2n) is 4.64. The molecule has 0 aromatic carbocycles. The van der Waals surface area contributed by atoms with Crippen LogP contribution in [0.4, 0.5) is 0 Å². The van der Waals surface area contributed by atoms with Crippen LogP contribution in [0.25, 0.3) is 0 Å². The maximum absolute atomic E-state index is 11.6. The van der Waals surface area contributed by atoms with Crippen molar-refractivity contribution in [3.05, 3.63) is 0 Å². The van der Waals surface area contributed by atoms with Crippen LogP contribution in [0.2, 0.25) is 0 Å². The van der Waals surface area contributed by atoms with Crippen LogP contribution in [0.3, 0.4) is 0 Å². The second-order valence-corrected chi connectivity index (χ2v) is 5.14. The van der Waals surface area contributed by atoms with Crippen LogP contribution < -0.4 is 0 Å². The first-order valence-electron chi connectivity index (χ1n) is 5.18. The SMILES string of the molecule is O=C1O[C@H]2[C@H](Cl)[C@@H]3CC[C@@H]2[C@@H]1[C@H]3C(=O)O. The Labute approximate surface area is 91.5 Å². The van der Waals surface area contributed by atoms with E-state index in [0.29, 0.717) is 0 Å². The van der Waals surface area contributed by atoms with Gasteiger partial charge in [0, 0.05) is 5.92 Å². The number of rotatable bonds is 1. The Balaban J connectivity index is 2.05. The van der Waals surface area contributed by atoms with Gasteiger partial charge in [-0.15, -0.1) is 11.6 Å². The van der Waals surface area contributed by atoms with Crippen molar-refractivity contribution >= 4 is 23.5 Å². The molecule has 6 atom stereocenters. The number of carbonyl (C=O) groups is 2. The molecule has 0 unspecified atom stereocenters. The molecule has 5 heteroatoms. The second kappa shape index (κ2) is 2.88. The smallest absolute Gasteiger partial charge is 0.310 e. The predicted molar refractivity (Wildman–Crippen MR) is 50.4 cm³/mol. The van der Waals surface area contributed by atoms with Gasteiger partial charge in [-0.25, -0.2) is 0 Å². The van der Waals surface area contributed by atoms with Crippen molar-refractivity contribution in [3.8, 4) is 0 Å². The molecule has 0 amide bonds. The van der Waals surface area contributed by atoms with Crippen LogP contribution in [0.5, 0.6) is 0 Å². The normalized spacial score (nSPS) is 51.7. The lowest BCUT2D eigenvalue weighted by atomic mass is 9.58. The zero-order chi connectivity index (χ0) is 10.7. The van der Waals surface area contributed by atoms with Gasteiger partial charge in [-0.1, -0.05) is 0 Å². The highest BCUT2D eigenvalue weighted by Crippen LogP contribution is 2.55. The van der Waals surface area contributed by atoms with E-state index >= 15 is 0 Å². The fourth-order valence-electron chi connectivity index (χ4n) is 3.51. The van der Waals surface area contributed by atoms with Gasteiger partial charge < -0.3 is 9.84 Å². The van der Waals surface area contributed by atoms with E-state index in [0.717, 1.165) is 12.8 Å². The van der Waals surface area contributed by atoms with Crippen LogP contribution in [-0.4, -0.2) is 28.5 Å². The van der Waals surface area contributed by atoms with Crippen molar-refractivity contribution in [1.29, 1.82) is 0 Å². The van der Waals surface area contributed by atoms with Gasteiger partial charge in [0.1, 0.15) is 6.10 Å². The Morgan fingerprint density at radius 1 is 1.40 bits per heavy atom. The zero-order valence-corrected chi connectivity index (χ0v) is 8.68. The highest BCUT2D eigenvalue weighted by Gasteiger charge is 2.64. The molecule has 4 rings (SSSR count). The molecule has 3 saturated carbocycles. The molecule has 4 fully saturated rings. The average molecular weight is 231 g/mol. The number of hydrogen-bond donors (Lipinski definition) is 1. The van der Waals surface area contributed by atoms with E-state index in [-0.39, 0.29) is 29.3 Å². The maximum atomic E-state index is 11.6. The highest BCUT2D eigenvalue weighted by atomic mass is 35.5. The van der Waals surface area contributed by atoms with Crippen LogP contribution >= 0.6 is 11.6 Å². The van der Waals surface area contributed by atoms with Crippen LogP contribution in [0.1, 0.15) is 12.8 Å². The van der Waals surface area contributed by atoms with E-state index in [1.54, 1.807) is 0 Å². The minimum atomic E-state index is -0.905. The third-order valence-corrected chi connectivity index (χ3v) is 4.67. The largest absolute Gasteiger partial charge is 0.481 e. The summed E-state index contributed by atoms with van der Waals surface area (Å²) in [5, 5.41) is 8.84. The minimum Gasteiger partial charge on any atom is -0.481 e. The molecule has 3 aliphatic carbocycles. The molecule has 4 nitrogen and oxygen atoms in total. The molecule has 0 spiro atoms. The summed E-state index contributed by atoms with van der Waals surface area (Å²) in [6.45, 7) is 0. The van der Waals surface area contributed by atoms with Gasteiger partial charge in [-0.05, 0) is 18.8 Å². The minimum absolute atomic E-state index is 0.0334. The molecule has 1 heterocycles. The molecule has 15 heavy (non-hydrogen) atoms. The molecule has 4 bridgehead atoms. The van der Waals surface area contributed by atoms with Crippen molar-refractivity contribution in [1.82, 2.24) is 0 Å². The van der Waals surface area contributed by atoms with Crippen molar-refractivity contribution in [2.75, 3.05) is 0 Å². The topological polar surface area (TPSA) is 63.6 Å². The number of hydrogen-bond acceptors (Lipinski definition) is 3. The number of carboxylic acid groups (broad SMARTS) is 1. The van der Waals surface area contributed by atoms with Crippen molar-refractivity contribution in [3.63, 3.8) is 0 Å². The Bertz CT molecular complexity index is 342. The van der Waals surface area contributed by atoms with Crippen molar-refractivity contribution < 1.29 is 19.4 Å². The number of halogens is 1. The first kappa shape index (κ1) is 9.46. The number of ether oxygens (including phenoxy) is 1. The van der Waals surface area contributed by atoms with E-state index in [1.165, 1.54) is 0 Å². The number of carboxylic acids is 1. The third-order valence-electron chi connectivity index (χ3n) is 4.10. The summed E-state index contributed by atoms with van der Waals surface area (Å²) in [6, 6.07) is 0. The fraction of sp³-hybridized carbons (Fsp3) is 0.800. The first-order valence-corrected chi connectivity index (χ1v) is 5.62. The van der Waals surface area contributed by atoms with Gasteiger partial charge in [0.05, 0.1) is 17.2 Å². The standard InChI is InChI=1S/C10H11ClO4/c11-7-3-1-2-4-6(5(3)9(12)13)10(14)15-8(4)7/h3-8H,1-2H2,(H,12,13)/t3-,4-,5+,6-,7-,8-/m1/s1. The summed E-state index contributed by atoms with van der Waals surface area (Å²) < 4.78 is 5.18. The summed E-state index contributed by atoms with van der Waals surface area (Å²) in [7, 11) is 0. The first-order chi connectivity index (χ1) is 7.11. The lowest BCUT2D eigenvalue weighted by molar-refractivity contribution is -0.154. The number of esters is 1. The molecule has 0 aromatic rings. The number of alkyl halides is 1. The van der Waals surface area contributed by atoms with Gasteiger partial charge in [0.25, 0.3) is 0 Å². The number of carbonyl (C=O) groups excluding carboxylic acids is 1. The molecule has 0 radical (unpaired) electrons. The van der Waals surface area contributed by atoms with E-state index in [2.05, 4.69) is 0 Å². The summed E-state index contributed by atoms with van der Waals surface area (Å²) >= 11 is 6.17. The number of fused-ring (bicyclic) bond motifs is 1. The zero-order valence-electron chi connectivity index (χ0n) is 7.93. The molecule has 4 aliphatic rings. The van der Waals surface area contributed by atoms with Gasteiger partial charge in [-0.3, -0.25) is 9.59 Å². The van der Waals surface area contributed by atoms with Crippen LogP contribution in [0.15, 0.2) is 0 Å².